The molecule has 0 saturated carbocycles. The molecule has 0 aromatic heterocycles. The number of rotatable bonds is 5. The molecule has 0 spiro atoms. The van der Waals surface area contributed by atoms with E-state index in [2.05, 4.69) is 63.7 Å². The quantitative estimate of drug-likeness (QED) is 0.423. The molecule has 1 aromatic rings. The highest BCUT2D eigenvalue weighted by atomic mass is 79.9. The molecule has 0 N–H and O–H groups in total. The molecule has 0 atom stereocenters. The van der Waals surface area contributed by atoms with E-state index in [1.54, 1.807) is 6.07 Å². The Bertz CT molecular complexity index is 419. The van der Waals surface area contributed by atoms with Crippen LogP contribution in [0.25, 0.3) is 0 Å². The van der Waals surface area contributed by atoms with Crippen molar-refractivity contribution >= 4 is 69.7 Å². The van der Waals surface area contributed by atoms with Crippen molar-refractivity contribution in [3.05, 3.63) is 34.9 Å². The molecule has 0 unspecified atom stereocenters. The molecule has 1 aromatic carbocycles. The van der Waals surface area contributed by atoms with Crippen LogP contribution < -0.4 is 0 Å². The standard InChI is InChI=1S/C12H12Br4O2/c1-18-12(17)8-3-2-7(5-10(13)14)9(4-8)6-11(15)16/h2-4,10-11H,5-6H2,1H3. The maximum absolute atomic E-state index is 11.5. The van der Waals surface area contributed by atoms with Crippen LogP contribution in [0.5, 0.6) is 0 Å². The first-order valence-corrected chi connectivity index (χ1v) is 8.86. The van der Waals surface area contributed by atoms with E-state index in [1.807, 2.05) is 12.1 Å². The van der Waals surface area contributed by atoms with Gasteiger partial charge in [0.15, 0.2) is 0 Å². The fourth-order valence-corrected chi connectivity index (χ4v) is 2.99. The fraction of sp³-hybridized carbons (Fsp3) is 0.417. The van der Waals surface area contributed by atoms with Crippen molar-refractivity contribution in [2.24, 2.45) is 0 Å². The fourth-order valence-electron chi connectivity index (χ4n) is 1.59. The van der Waals surface area contributed by atoms with Crippen LogP contribution in [0.1, 0.15) is 21.5 Å². The summed E-state index contributed by atoms with van der Waals surface area (Å²) < 4.78 is 5.14. The average molecular weight is 508 g/mol. The average Bonchev–Trinajstić information content (AvgIpc) is 2.29. The van der Waals surface area contributed by atoms with Gasteiger partial charge in [-0.05, 0) is 36.1 Å². The molecular formula is C12H12Br4O2. The van der Waals surface area contributed by atoms with Gasteiger partial charge in [-0.2, -0.15) is 0 Å². The highest BCUT2D eigenvalue weighted by molar-refractivity contribution is 9.25. The van der Waals surface area contributed by atoms with E-state index in [4.69, 9.17) is 4.74 Å². The van der Waals surface area contributed by atoms with E-state index in [0.29, 0.717) is 5.56 Å². The predicted molar refractivity (Wildman–Crippen MR) is 88.5 cm³/mol. The van der Waals surface area contributed by atoms with Crippen molar-refractivity contribution in [3.63, 3.8) is 0 Å². The van der Waals surface area contributed by atoms with Crippen molar-refractivity contribution in [2.45, 2.75) is 20.3 Å². The van der Waals surface area contributed by atoms with Gasteiger partial charge in [-0.3, -0.25) is 0 Å². The van der Waals surface area contributed by atoms with Crippen LogP contribution in [-0.2, 0) is 17.6 Å². The molecule has 0 aliphatic heterocycles. The summed E-state index contributed by atoms with van der Waals surface area (Å²) in [6.45, 7) is 0. The third-order valence-corrected chi connectivity index (χ3v) is 3.67. The smallest absolute Gasteiger partial charge is 0.337 e. The van der Waals surface area contributed by atoms with E-state index in [0.717, 1.165) is 18.4 Å². The topological polar surface area (TPSA) is 26.3 Å². The summed E-state index contributed by atoms with van der Waals surface area (Å²) in [5.41, 5.74) is 2.91. The van der Waals surface area contributed by atoms with Crippen molar-refractivity contribution in [3.8, 4) is 0 Å². The molecule has 0 heterocycles. The van der Waals surface area contributed by atoms with Gasteiger partial charge in [-0.1, -0.05) is 69.8 Å². The van der Waals surface area contributed by atoms with Crippen LogP contribution in [-0.4, -0.2) is 20.6 Å². The van der Waals surface area contributed by atoms with Crippen LogP contribution in [0, 0.1) is 0 Å². The van der Waals surface area contributed by atoms with E-state index in [-0.39, 0.29) is 13.4 Å². The van der Waals surface area contributed by atoms with Crippen LogP contribution in [0.2, 0.25) is 0 Å². The molecule has 0 amide bonds. The minimum absolute atomic E-state index is 0.181. The first-order chi connectivity index (χ1) is 8.43. The van der Waals surface area contributed by atoms with Gasteiger partial charge in [0.25, 0.3) is 0 Å². The Morgan fingerprint density at radius 2 is 1.67 bits per heavy atom. The van der Waals surface area contributed by atoms with Gasteiger partial charge in [0, 0.05) is 0 Å². The van der Waals surface area contributed by atoms with E-state index >= 15 is 0 Å². The minimum atomic E-state index is -0.308. The molecule has 6 heteroatoms. The maximum Gasteiger partial charge on any atom is 0.337 e. The second-order valence-electron chi connectivity index (χ2n) is 3.67. The zero-order valence-corrected chi connectivity index (χ0v) is 16.0. The number of benzene rings is 1. The molecule has 0 aliphatic rings. The summed E-state index contributed by atoms with van der Waals surface area (Å²) in [5.74, 6) is -0.308. The Morgan fingerprint density at radius 1 is 1.11 bits per heavy atom. The third kappa shape index (κ3) is 5.31. The Hall–Kier alpha value is 0.610. The monoisotopic (exact) mass is 504 g/mol. The number of hydrogen-bond acceptors (Lipinski definition) is 2. The Kier molecular flexibility index (Phi) is 7.43. The number of carbonyl (C=O) groups excluding carboxylic acids is 1. The van der Waals surface area contributed by atoms with Crippen molar-refractivity contribution in [2.75, 3.05) is 7.11 Å². The predicted octanol–water partition coefficient (Wildman–Crippen LogP) is 4.79. The van der Waals surface area contributed by atoms with E-state index in [1.165, 1.54) is 12.7 Å². The number of methoxy groups -OCH3 is 1. The molecule has 100 valence electrons. The molecule has 2 nitrogen and oxygen atoms in total. The minimum Gasteiger partial charge on any atom is -0.465 e. The Labute approximate surface area is 140 Å². The second-order valence-corrected chi connectivity index (χ2v) is 10.5. The highest BCUT2D eigenvalue weighted by Gasteiger charge is 2.13. The summed E-state index contributed by atoms with van der Waals surface area (Å²) in [6, 6.07) is 5.66. The lowest BCUT2D eigenvalue weighted by atomic mass is 10.00. The lowest BCUT2D eigenvalue weighted by Crippen LogP contribution is -2.07. The normalized spacial score (nSPS) is 11.1. The van der Waals surface area contributed by atoms with Gasteiger partial charge in [0.05, 0.1) is 20.1 Å². The molecule has 0 aliphatic carbocycles. The molecule has 0 radical (unpaired) electrons. The van der Waals surface area contributed by atoms with Crippen LogP contribution >= 0.6 is 63.7 Å². The second kappa shape index (κ2) is 8.02. The molecule has 18 heavy (non-hydrogen) atoms. The third-order valence-electron chi connectivity index (χ3n) is 2.38. The number of ether oxygens (including phenoxy) is 1. The lowest BCUT2D eigenvalue weighted by molar-refractivity contribution is 0.0600. The number of alkyl halides is 4. The van der Waals surface area contributed by atoms with Gasteiger partial charge >= 0.3 is 5.97 Å². The van der Waals surface area contributed by atoms with Crippen molar-refractivity contribution < 1.29 is 9.53 Å². The summed E-state index contributed by atoms with van der Waals surface area (Å²) in [6.07, 6.45) is 1.65. The summed E-state index contributed by atoms with van der Waals surface area (Å²) in [7, 11) is 1.39. The number of halogens is 4. The van der Waals surface area contributed by atoms with Crippen LogP contribution in [0.15, 0.2) is 18.2 Å². The van der Waals surface area contributed by atoms with Gasteiger partial charge < -0.3 is 4.74 Å². The van der Waals surface area contributed by atoms with Crippen LogP contribution in [0.4, 0.5) is 0 Å². The number of carbonyl (C=O) groups is 1. The summed E-state index contributed by atoms with van der Waals surface area (Å²) in [4.78, 5) is 11.5. The largest absolute Gasteiger partial charge is 0.465 e. The lowest BCUT2D eigenvalue weighted by Gasteiger charge is -2.12. The van der Waals surface area contributed by atoms with Crippen molar-refractivity contribution in [1.82, 2.24) is 0 Å². The van der Waals surface area contributed by atoms with Crippen molar-refractivity contribution in [1.29, 1.82) is 0 Å². The highest BCUT2D eigenvalue weighted by Crippen LogP contribution is 2.24. The van der Waals surface area contributed by atoms with Gasteiger partial charge in [0.2, 0.25) is 0 Å². The molecular weight excluding hydrogens is 496 g/mol. The zero-order valence-electron chi connectivity index (χ0n) is 9.63. The van der Waals surface area contributed by atoms with Crippen LogP contribution in [0.3, 0.4) is 0 Å². The maximum atomic E-state index is 11.5. The van der Waals surface area contributed by atoms with Gasteiger partial charge in [-0.15, -0.1) is 0 Å². The molecule has 0 saturated heterocycles. The van der Waals surface area contributed by atoms with E-state index < -0.39 is 0 Å². The summed E-state index contributed by atoms with van der Waals surface area (Å²) in [5, 5.41) is 0. The SMILES string of the molecule is COC(=O)c1ccc(CC(Br)Br)c(CC(Br)Br)c1. The first-order valence-electron chi connectivity index (χ1n) is 5.20. The Morgan fingerprint density at radius 3 is 2.17 bits per heavy atom. The zero-order chi connectivity index (χ0) is 13.7. The Balaban J connectivity index is 3.07. The molecule has 0 bridgehead atoms. The van der Waals surface area contributed by atoms with E-state index in [9.17, 15) is 4.79 Å². The first kappa shape index (κ1) is 16.7. The van der Waals surface area contributed by atoms with Gasteiger partial charge in [-0.25, -0.2) is 4.79 Å². The number of hydrogen-bond donors (Lipinski definition) is 0. The molecule has 0 fully saturated rings. The molecule has 1 rings (SSSR count). The summed E-state index contributed by atoms with van der Waals surface area (Å²) >= 11 is 13.9. The van der Waals surface area contributed by atoms with Gasteiger partial charge in [0.1, 0.15) is 0 Å². The number of esters is 1.